The first-order chi connectivity index (χ1) is 9.69. The Kier molecular flexibility index (Phi) is 5.83. The fourth-order valence-corrected chi connectivity index (χ4v) is 2.59. The zero-order chi connectivity index (χ0) is 14.4. The summed E-state index contributed by atoms with van der Waals surface area (Å²) in [5.41, 5.74) is 0.964. The van der Waals surface area contributed by atoms with Gasteiger partial charge in [0.15, 0.2) is 0 Å². The number of aliphatic hydroxyl groups is 1. The predicted molar refractivity (Wildman–Crippen MR) is 81.1 cm³/mol. The first-order valence-electron chi connectivity index (χ1n) is 7.50. The number of β-amino-alcohol motifs (C(OH)–C–C–N with tert-alkyl or cyclic N) is 1. The summed E-state index contributed by atoms with van der Waals surface area (Å²) in [5, 5.41) is 10.4. The van der Waals surface area contributed by atoms with E-state index in [1.54, 1.807) is 0 Å². The standard InChI is InChI=1S/C16H26N2O2/c1-3-20-15-7-5-14(6-8-15)16(19)13-18-10-4-9-17(2)11-12-18/h5-8,16,19H,3-4,9-13H2,1-2H3. The van der Waals surface area contributed by atoms with E-state index in [0.717, 1.165) is 37.5 Å². The number of hydrogen-bond donors (Lipinski definition) is 1. The van der Waals surface area contributed by atoms with Gasteiger partial charge in [0.2, 0.25) is 0 Å². The van der Waals surface area contributed by atoms with Crippen molar-refractivity contribution in [2.45, 2.75) is 19.4 Å². The van der Waals surface area contributed by atoms with Crippen LogP contribution in [0.25, 0.3) is 0 Å². The van der Waals surface area contributed by atoms with Crippen LogP contribution in [0.2, 0.25) is 0 Å². The second-order valence-corrected chi connectivity index (χ2v) is 5.48. The molecule has 1 aromatic rings. The molecule has 4 heteroatoms. The zero-order valence-corrected chi connectivity index (χ0v) is 12.6. The summed E-state index contributed by atoms with van der Waals surface area (Å²) < 4.78 is 5.42. The summed E-state index contributed by atoms with van der Waals surface area (Å²) in [4.78, 5) is 4.70. The third-order valence-corrected chi connectivity index (χ3v) is 3.82. The normalized spacial score (nSPS) is 19.6. The van der Waals surface area contributed by atoms with E-state index in [2.05, 4.69) is 16.8 Å². The highest BCUT2D eigenvalue weighted by Crippen LogP contribution is 2.19. The Morgan fingerprint density at radius 3 is 2.60 bits per heavy atom. The number of aliphatic hydroxyl groups excluding tert-OH is 1. The third-order valence-electron chi connectivity index (χ3n) is 3.82. The molecule has 112 valence electrons. The number of rotatable bonds is 5. The highest BCUT2D eigenvalue weighted by molar-refractivity contribution is 5.28. The quantitative estimate of drug-likeness (QED) is 0.890. The minimum absolute atomic E-state index is 0.422. The second-order valence-electron chi connectivity index (χ2n) is 5.48. The van der Waals surface area contributed by atoms with Gasteiger partial charge in [-0.25, -0.2) is 0 Å². The fourth-order valence-electron chi connectivity index (χ4n) is 2.59. The van der Waals surface area contributed by atoms with Crippen molar-refractivity contribution in [1.82, 2.24) is 9.80 Å². The van der Waals surface area contributed by atoms with E-state index in [0.29, 0.717) is 13.2 Å². The Bertz CT molecular complexity index is 394. The van der Waals surface area contributed by atoms with Gasteiger partial charge in [-0.15, -0.1) is 0 Å². The monoisotopic (exact) mass is 278 g/mol. The van der Waals surface area contributed by atoms with Gasteiger partial charge in [-0.1, -0.05) is 12.1 Å². The largest absolute Gasteiger partial charge is 0.494 e. The molecule has 1 aliphatic rings. The molecule has 1 aliphatic heterocycles. The maximum Gasteiger partial charge on any atom is 0.119 e. The van der Waals surface area contributed by atoms with Crippen molar-refractivity contribution in [3.8, 4) is 5.75 Å². The lowest BCUT2D eigenvalue weighted by molar-refractivity contribution is 0.115. The van der Waals surface area contributed by atoms with Crippen molar-refractivity contribution in [1.29, 1.82) is 0 Å². The van der Waals surface area contributed by atoms with Crippen molar-refractivity contribution in [3.05, 3.63) is 29.8 Å². The summed E-state index contributed by atoms with van der Waals surface area (Å²) in [6, 6.07) is 7.77. The molecule has 1 saturated heterocycles. The summed E-state index contributed by atoms with van der Waals surface area (Å²) in [6.07, 6.45) is 0.751. The molecule has 0 amide bonds. The van der Waals surface area contributed by atoms with Gasteiger partial charge in [0.05, 0.1) is 12.7 Å². The molecule has 2 rings (SSSR count). The average Bonchev–Trinajstić information content (AvgIpc) is 2.65. The molecule has 0 bridgehead atoms. The smallest absolute Gasteiger partial charge is 0.119 e. The van der Waals surface area contributed by atoms with Crippen LogP contribution in [0, 0.1) is 0 Å². The maximum absolute atomic E-state index is 10.4. The molecule has 1 fully saturated rings. The molecular weight excluding hydrogens is 252 g/mol. The number of nitrogens with zero attached hydrogens (tertiary/aromatic N) is 2. The lowest BCUT2D eigenvalue weighted by Gasteiger charge is -2.23. The van der Waals surface area contributed by atoms with Gasteiger partial charge in [-0.3, -0.25) is 4.90 Å². The first-order valence-corrected chi connectivity index (χ1v) is 7.50. The van der Waals surface area contributed by atoms with Gasteiger partial charge in [-0.2, -0.15) is 0 Å². The Morgan fingerprint density at radius 1 is 1.15 bits per heavy atom. The number of ether oxygens (including phenoxy) is 1. The molecule has 1 aromatic carbocycles. The van der Waals surface area contributed by atoms with Gasteiger partial charge >= 0.3 is 0 Å². The van der Waals surface area contributed by atoms with E-state index in [1.165, 1.54) is 6.42 Å². The summed E-state index contributed by atoms with van der Waals surface area (Å²) >= 11 is 0. The van der Waals surface area contributed by atoms with Crippen molar-refractivity contribution in [2.24, 2.45) is 0 Å². The molecule has 0 aliphatic carbocycles. The van der Waals surface area contributed by atoms with E-state index in [-0.39, 0.29) is 0 Å². The minimum Gasteiger partial charge on any atom is -0.494 e. The summed E-state index contributed by atoms with van der Waals surface area (Å²) in [7, 11) is 2.16. The third kappa shape index (κ3) is 4.47. The van der Waals surface area contributed by atoms with Crippen molar-refractivity contribution in [2.75, 3.05) is 46.4 Å². The second kappa shape index (κ2) is 7.62. The van der Waals surface area contributed by atoms with Crippen LogP contribution in [0.5, 0.6) is 5.75 Å². The van der Waals surface area contributed by atoms with Crippen LogP contribution >= 0.6 is 0 Å². The molecule has 20 heavy (non-hydrogen) atoms. The highest BCUT2D eigenvalue weighted by Gasteiger charge is 2.16. The van der Waals surface area contributed by atoms with E-state index < -0.39 is 6.10 Å². The molecule has 1 N–H and O–H groups in total. The van der Waals surface area contributed by atoms with Crippen LogP contribution in [-0.4, -0.2) is 61.3 Å². The Labute approximate surface area is 122 Å². The zero-order valence-electron chi connectivity index (χ0n) is 12.6. The Morgan fingerprint density at radius 2 is 1.90 bits per heavy atom. The number of likely N-dealkylation sites (N-methyl/N-ethyl adjacent to an activating group) is 1. The van der Waals surface area contributed by atoms with Gasteiger partial charge < -0.3 is 14.7 Å². The fraction of sp³-hybridized carbons (Fsp3) is 0.625. The molecule has 4 nitrogen and oxygen atoms in total. The van der Waals surface area contributed by atoms with E-state index in [9.17, 15) is 5.11 Å². The average molecular weight is 278 g/mol. The molecule has 1 unspecified atom stereocenters. The summed E-state index contributed by atoms with van der Waals surface area (Å²) in [5.74, 6) is 0.861. The molecular formula is C16H26N2O2. The SMILES string of the molecule is CCOc1ccc(C(O)CN2CCCN(C)CC2)cc1. The van der Waals surface area contributed by atoms with Crippen molar-refractivity contribution >= 4 is 0 Å². The first kappa shape index (κ1) is 15.3. The van der Waals surface area contributed by atoms with E-state index in [4.69, 9.17) is 4.74 Å². The lowest BCUT2D eigenvalue weighted by atomic mass is 10.1. The predicted octanol–water partition coefficient (Wildman–Crippen LogP) is 1.76. The van der Waals surface area contributed by atoms with Crippen LogP contribution < -0.4 is 4.74 Å². The van der Waals surface area contributed by atoms with Crippen molar-refractivity contribution in [3.63, 3.8) is 0 Å². The Hall–Kier alpha value is -1.10. The molecule has 1 heterocycles. The lowest BCUT2D eigenvalue weighted by Crippen LogP contribution is -2.32. The molecule has 0 spiro atoms. The van der Waals surface area contributed by atoms with Crippen LogP contribution in [0.1, 0.15) is 25.0 Å². The van der Waals surface area contributed by atoms with E-state index in [1.807, 2.05) is 31.2 Å². The molecule has 0 aromatic heterocycles. The molecule has 0 radical (unpaired) electrons. The molecule has 0 saturated carbocycles. The van der Waals surface area contributed by atoms with E-state index >= 15 is 0 Å². The van der Waals surface area contributed by atoms with Gasteiger partial charge in [0.25, 0.3) is 0 Å². The van der Waals surface area contributed by atoms with Crippen LogP contribution in [0.15, 0.2) is 24.3 Å². The van der Waals surface area contributed by atoms with Gasteiger partial charge in [-0.05, 0) is 51.2 Å². The van der Waals surface area contributed by atoms with Gasteiger partial charge in [0.1, 0.15) is 5.75 Å². The van der Waals surface area contributed by atoms with Crippen LogP contribution in [0.3, 0.4) is 0 Å². The topological polar surface area (TPSA) is 35.9 Å². The Balaban J connectivity index is 1.88. The van der Waals surface area contributed by atoms with Gasteiger partial charge in [0, 0.05) is 19.6 Å². The molecule has 1 atom stereocenters. The van der Waals surface area contributed by atoms with Crippen LogP contribution in [-0.2, 0) is 0 Å². The highest BCUT2D eigenvalue weighted by atomic mass is 16.5. The summed E-state index contributed by atoms with van der Waals surface area (Å²) in [6.45, 7) is 7.68. The number of hydrogen-bond acceptors (Lipinski definition) is 4. The maximum atomic E-state index is 10.4. The van der Waals surface area contributed by atoms with Crippen LogP contribution in [0.4, 0.5) is 0 Å². The minimum atomic E-state index is -0.422. The van der Waals surface area contributed by atoms with Crippen molar-refractivity contribution < 1.29 is 9.84 Å². The number of benzene rings is 1.